The molecule has 1 aliphatic rings. The highest BCUT2D eigenvalue weighted by molar-refractivity contribution is 9.10. The summed E-state index contributed by atoms with van der Waals surface area (Å²) in [5, 5.41) is 0. The number of hydrogen-bond acceptors (Lipinski definition) is 0. The van der Waals surface area contributed by atoms with Gasteiger partial charge < -0.3 is 0 Å². The Bertz CT molecular complexity index is 958. The summed E-state index contributed by atoms with van der Waals surface area (Å²) in [7, 11) is 0. The van der Waals surface area contributed by atoms with E-state index >= 15 is 0 Å². The van der Waals surface area contributed by atoms with Gasteiger partial charge in [-0.2, -0.15) is 0 Å². The van der Waals surface area contributed by atoms with Crippen LogP contribution >= 0.6 is 31.9 Å². The molecule has 0 bridgehead atoms. The van der Waals surface area contributed by atoms with Crippen LogP contribution in [0, 0.1) is 0 Å². The van der Waals surface area contributed by atoms with Gasteiger partial charge >= 0.3 is 0 Å². The molecule has 3 aromatic rings. The van der Waals surface area contributed by atoms with E-state index in [1.165, 1.54) is 39.0 Å². The van der Waals surface area contributed by atoms with Crippen molar-refractivity contribution in [2.24, 2.45) is 0 Å². The minimum absolute atomic E-state index is 1.10. The number of fused-ring (bicyclic) bond motifs is 3. The van der Waals surface area contributed by atoms with Gasteiger partial charge in [0.25, 0.3) is 0 Å². The van der Waals surface area contributed by atoms with E-state index < -0.39 is 0 Å². The van der Waals surface area contributed by atoms with Crippen LogP contribution in [-0.2, 0) is 0 Å². The van der Waals surface area contributed by atoms with Crippen molar-refractivity contribution in [3.63, 3.8) is 0 Å². The third-order valence-corrected chi connectivity index (χ3v) is 5.55. The van der Waals surface area contributed by atoms with Gasteiger partial charge in [-0.3, -0.25) is 0 Å². The van der Waals surface area contributed by atoms with Gasteiger partial charge in [0.05, 0.1) is 0 Å². The van der Waals surface area contributed by atoms with Crippen LogP contribution in [0.1, 0.15) is 23.6 Å². The van der Waals surface area contributed by atoms with Gasteiger partial charge in [0, 0.05) is 8.95 Å². The maximum atomic E-state index is 3.62. The van der Waals surface area contributed by atoms with E-state index in [1.54, 1.807) is 0 Å². The fourth-order valence-electron chi connectivity index (χ4n) is 3.28. The van der Waals surface area contributed by atoms with Crippen molar-refractivity contribution in [3.8, 4) is 11.1 Å². The van der Waals surface area contributed by atoms with E-state index in [4.69, 9.17) is 0 Å². The Hall–Kier alpha value is -1.90. The molecular formula is C23H16Br2. The number of hydrogen-bond donors (Lipinski definition) is 0. The molecule has 0 aliphatic heterocycles. The van der Waals surface area contributed by atoms with Crippen LogP contribution in [-0.4, -0.2) is 0 Å². The van der Waals surface area contributed by atoms with Crippen molar-refractivity contribution in [3.05, 3.63) is 105 Å². The van der Waals surface area contributed by atoms with Crippen LogP contribution in [0.4, 0.5) is 0 Å². The molecule has 0 nitrogen and oxygen atoms in total. The lowest BCUT2D eigenvalue weighted by Crippen LogP contribution is -1.82. The van der Waals surface area contributed by atoms with Crippen LogP contribution in [0.5, 0.6) is 0 Å². The van der Waals surface area contributed by atoms with Crippen LogP contribution in [0.2, 0.25) is 0 Å². The summed E-state index contributed by atoms with van der Waals surface area (Å²) in [6.07, 6.45) is 4.46. The summed E-state index contributed by atoms with van der Waals surface area (Å²) in [5.41, 5.74) is 8.92. The van der Waals surface area contributed by atoms with Gasteiger partial charge in [0.2, 0.25) is 0 Å². The molecule has 0 saturated carbocycles. The highest BCUT2D eigenvalue weighted by Crippen LogP contribution is 2.46. The summed E-state index contributed by atoms with van der Waals surface area (Å²) < 4.78 is 2.21. The largest absolute Gasteiger partial charge is 0.0622 e. The predicted molar refractivity (Wildman–Crippen MR) is 114 cm³/mol. The lowest BCUT2D eigenvalue weighted by atomic mass is 10.0. The molecule has 0 saturated heterocycles. The third-order valence-electron chi connectivity index (χ3n) is 4.56. The summed E-state index contributed by atoms with van der Waals surface area (Å²) in [4.78, 5) is 0. The average Bonchev–Trinajstić information content (AvgIpc) is 2.92. The van der Waals surface area contributed by atoms with Gasteiger partial charge in [0.15, 0.2) is 0 Å². The van der Waals surface area contributed by atoms with E-state index in [2.05, 4.69) is 112 Å². The summed E-state index contributed by atoms with van der Waals surface area (Å²) in [5.74, 6) is 0. The van der Waals surface area contributed by atoms with Gasteiger partial charge in [-0.25, -0.2) is 0 Å². The maximum Gasteiger partial charge on any atom is 0.0181 e. The average molecular weight is 452 g/mol. The van der Waals surface area contributed by atoms with E-state index in [9.17, 15) is 0 Å². The monoisotopic (exact) mass is 450 g/mol. The van der Waals surface area contributed by atoms with Crippen LogP contribution in [0.15, 0.2) is 87.8 Å². The molecule has 0 radical (unpaired) electrons. The third kappa shape index (κ3) is 3.17. The highest BCUT2D eigenvalue weighted by atomic mass is 79.9. The molecule has 0 amide bonds. The Morgan fingerprint density at radius 3 is 1.84 bits per heavy atom. The first-order valence-electron chi connectivity index (χ1n) is 8.18. The first kappa shape index (κ1) is 16.6. The summed E-state index contributed by atoms with van der Waals surface area (Å²) >= 11 is 7.23. The Balaban J connectivity index is 1.87. The molecule has 0 N–H and O–H groups in total. The molecule has 25 heavy (non-hydrogen) atoms. The molecule has 0 heterocycles. The summed E-state index contributed by atoms with van der Waals surface area (Å²) in [6, 6.07) is 23.5. The molecule has 0 atom stereocenters. The number of rotatable bonds is 2. The van der Waals surface area contributed by atoms with Crippen molar-refractivity contribution >= 4 is 43.0 Å². The number of benzene rings is 3. The van der Waals surface area contributed by atoms with Crippen molar-refractivity contribution in [2.75, 3.05) is 0 Å². The zero-order valence-electron chi connectivity index (χ0n) is 13.8. The topological polar surface area (TPSA) is 0 Å². The second kappa shape index (κ2) is 6.78. The van der Waals surface area contributed by atoms with Crippen LogP contribution in [0.25, 0.3) is 22.3 Å². The lowest BCUT2D eigenvalue weighted by Gasteiger charge is -2.04. The first-order chi connectivity index (χ1) is 12.1. The van der Waals surface area contributed by atoms with Crippen molar-refractivity contribution in [2.45, 2.75) is 6.92 Å². The Kier molecular flexibility index (Phi) is 4.49. The van der Waals surface area contributed by atoms with Gasteiger partial charge in [-0.1, -0.05) is 86.5 Å². The molecular weight excluding hydrogens is 436 g/mol. The molecule has 0 unspecified atom stereocenters. The van der Waals surface area contributed by atoms with E-state index in [1.807, 2.05) is 6.07 Å². The van der Waals surface area contributed by atoms with Gasteiger partial charge in [0.1, 0.15) is 0 Å². The quantitative estimate of drug-likeness (QED) is 0.292. The fourth-order valence-corrected chi connectivity index (χ4v) is 4.00. The first-order valence-corrected chi connectivity index (χ1v) is 9.76. The summed E-state index contributed by atoms with van der Waals surface area (Å²) in [6.45, 7) is 2.16. The Morgan fingerprint density at radius 2 is 1.28 bits per heavy atom. The van der Waals surface area contributed by atoms with E-state index in [0.29, 0.717) is 0 Å². The molecule has 0 fully saturated rings. The molecule has 0 spiro atoms. The molecule has 0 aromatic heterocycles. The predicted octanol–water partition coefficient (Wildman–Crippen LogP) is 7.73. The normalized spacial score (nSPS) is 12.8. The SMILES string of the molecule is CC(=CC=C1c2cc(Br)ccc2-c2ccc(Br)cc21)c1ccccc1. The van der Waals surface area contributed by atoms with Crippen molar-refractivity contribution < 1.29 is 0 Å². The molecule has 122 valence electrons. The Morgan fingerprint density at radius 1 is 0.720 bits per heavy atom. The molecule has 4 rings (SSSR count). The fraction of sp³-hybridized carbons (Fsp3) is 0.0435. The maximum absolute atomic E-state index is 3.62. The van der Waals surface area contributed by atoms with E-state index in [-0.39, 0.29) is 0 Å². The van der Waals surface area contributed by atoms with E-state index in [0.717, 1.165) is 8.95 Å². The highest BCUT2D eigenvalue weighted by Gasteiger charge is 2.23. The smallest absolute Gasteiger partial charge is 0.0181 e. The van der Waals surface area contributed by atoms with Gasteiger partial charge in [-0.05, 0) is 70.2 Å². The zero-order chi connectivity index (χ0) is 17.4. The van der Waals surface area contributed by atoms with Gasteiger partial charge in [-0.15, -0.1) is 0 Å². The second-order valence-electron chi connectivity index (χ2n) is 6.18. The zero-order valence-corrected chi connectivity index (χ0v) is 16.9. The molecule has 2 heteroatoms. The minimum Gasteiger partial charge on any atom is -0.0622 e. The minimum atomic E-state index is 1.10. The molecule has 1 aliphatic carbocycles. The molecule has 3 aromatic carbocycles. The standard InChI is InChI=1S/C23H16Br2/c1-15(16-5-3-2-4-6-16)7-10-21-22-13-17(24)8-11-19(22)20-12-9-18(25)14-23(20)21/h2-14H,1H3. The lowest BCUT2D eigenvalue weighted by molar-refractivity contribution is 1.56. The van der Waals surface area contributed by atoms with Crippen molar-refractivity contribution in [1.82, 2.24) is 0 Å². The Labute approximate surface area is 165 Å². The van der Waals surface area contributed by atoms with Crippen LogP contribution in [0.3, 0.4) is 0 Å². The van der Waals surface area contributed by atoms with Crippen molar-refractivity contribution in [1.29, 1.82) is 0 Å². The number of halogens is 2. The number of allylic oxidation sites excluding steroid dienone is 3. The second-order valence-corrected chi connectivity index (χ2v) is 8.01. The van der Waals surface area contributed by atoms with Crippen LogP contribution < -0.4 is 0 Å².